The van der Waals surface area contributed by atoms with Crippen LogP contribution in [0.2, 0.25) is 0 Å². The molecule has 16 heavy (non-hydrogen) atoms. The van der Waals surface area contributed by atoms with Gasteiger partial charge in [0.25, 0.3) is 0 Å². The van der Waals surface area contributed by atoms with Crippen molar-refractivity contribution in [2.45, 2.75) is 6.92 Å². The van der Waals surface area contributed by atoms with Crippen LogP contribution in [-0.4, -0.2) is 16.1 Å². The number of aromatic nitrogens is 1. The van der Waals surface area contributed by atoms with Crippen LogP contribution in [0.4, 0.5) is 4.39 Å². The van der Waals surface area contributed by atoms with Gasteiger partial charge in [0.05, 0.1) is 0 Å². The molecule has 0 radical (unpaired) electrons. The number of hydrogen-bond donors (Lipinski definition) is 2. The minimum Gasteiger partial charge on any atom is -0.477 e. The van der Waals surface area contributed by atoms with E-state index >= 15 is 0 Å². The highest BCUT2D eigenvalue weighted by Gasteiger charge is 2.11. The molecule has 1 aromatic carbocycles. The quantitative estimate of drug-likeness (QED) is 0.815. The molecule has 3 nitrogen and oxygen atoms in total. The second-order valence-electron chi connectivity index (χ2n) is 3.55. The molecule has 0 saturated carbocycles. The van der Waals surface area contributed by atoms with Crippen molar-refractivity contribution in [1.82, 2.24) is 4.98 Å². The second-order valence-corrected chi connectivity index (χ2v) is 3.55. The molecule has 2 rings (SSSR count). The Balaban J connectivity index is 2.45. The van der Waals surface area contributed by atoms with E-state index < -0.39 is 5.97 Å². The van der Waals surface area contributed by atoms with Crippen molar-refractivity contribution >= 4 is 5.97 Å². The number of rotatable bonds is 2. The van der Waals surface area contributed by atoms with Crippen molar-refractivity contribution < 1.29 is 14.3 Å². The Bertz CT molecular complexity index is 528. The Morgan fingerprint density at radius 1 is 1.31 bits per heavy atom. The molecular weight excluding hydrogens is 209 g/mol. The van der Waals surface area contributed by atoms with Crippen LogP contribution in [0.25, 0.3) is 11.3 Å². The van der Waals surface area contributed by atoms with E-state index in [1.807, 2.05) is 0 Å². The molecule has 0 unspecified atom stereocenters. The SMILES string of the molecule is Cc1cc(-c2ccc(F)cc2)[nH]c1C(=O)O. The molecular formula is C12H10FNO2. The fraction of sp³-hybridized carbons (Fsp3) is 0.0833. The lowest BCUT2D eigenvalue weighted by molar-refractivity contribution is 0.0690. The van der Waals surface area contributed by atoms with E-state index in [9.17, 15) is 9.18 Å². The molecule has 2 N–H and O–H groups in total. The molecule has 0 bridgehead atoms. The maximum atomic E-state index is 12.7. The summed E-state index contributed by atoms with van der Waals surface area (Å²) in [6, 6.07) is 7.62. The molecule has 1 heterocycles. The number of hydrogen-bond acceptors (Lipinski definition) is 1. The maximum absolute atomic E-state index is 12.7. The number of H-pyrrole nitrogens is 1. The molecule has 2 aromatic rings. The smallest absolute Gasteiger partial charge is 0.352 e. The number of aromatic amines is 1. The fourth-order valence-corrected chi connectivity index (χ4v) is 1.57. The van der Waals surface area contributed by atoms with Gasteiger partial charge < -0.3 is 10.1 Å². The van der Waals surface area contributed by atoms with Gasteiger partial charge in [-0.25, -0.2) is 9.18 Å². The first kappa shape index (κ1) is 10.4. The Morgan fingerprint density at radius 3 is 2.44 bits per heavy atom. The standard InChI is InChI=1S/C12H10FNO2/c1-7-6-10(14-11(7)12(15)16)8-2-4-9(13)5-3-8/h2-6,14H,1H3,(H,15,16). The van der Waals surface area contributed by atoms with Crippen LogP contribution < -0.4 is 0 Å². The van der Waals surface area contributed by atoms with Gasteiger partial charge in [-0.3, -0.25) is 0 Å². The van der Waals surface area contributed by atoms with E-state index in [4.69, 9.17) is 5.11 Å². The average molecular weight is 219 g/mol. The Labute approximate surface area is 91.5 Å². The van der Waals surface area contributed by atoms with Gasteiger partial charge in [0.15, 0.2) is 0 Å². The highest BCUT2D eigenvalue weighted by Crippen LogP contribution is 2.21. The molecule has 0 aliphatic heterocycles. The number of benzene rings is 1. The van der Waals surface area contributed by atoms with E-state index in [-0.39, 0.29) is 11.5 Å². The molecule has 0 spiro atoms. The summed E-state index contributed by atoms with van der Waals surface area (Å²) in [7, 11) is 0. The van der Waals surface area contributed by atoms with Gasteiger partial charge in [-0.1, -0.05) is 0 Å². The number of nitrogens with one attached hydrogen (secondary N) is 1. The lowest BCUT2D eigenvalue weighted by Gasteiger charge is -1.96. The van der Waals surface area contributed by atoms with Crippen molar-refractivity contribution in [2.75, 3.05) is 0 Å². The third kappa shape index (κ3) is 1.82. The summed E-state index contributed by atoms with van der Waals surface area (Å²) < 4.78 is 12.7. The average Bonchev–Trinajstić information content (AvgIpc) is 2.61. The zero-order chi connectivity index (χ0) is 11.7. The molecule has 0 saturated heterocycles. The molecule has 1 aromatic heterocycles. The summed E-state index contributed by atoms with van der Waals surface area (Å²) in [5, 5.41) is 8.88. The van der Waals surface area contributed by atoms with Crippen LogP contribution >= 0.6 is 0 Å². The lowest BCUT2D eigenvalue weighted by Crippen LogP contribution is -1.98. The predicted octanol–water partition coefficient (Wildman–Crippen LogP) is 2.83. The topological polar surface area (TPSA) is 53.1 Å². The van der Waals surface area contributed by atoms with Crippen LogP contribution in [0, 0.1) is 12.7 Å². The van der Waals surface area contributed by atoms with Gasteiger partial charge in [-0.2, -0.15) is 0 Å². The molecule has 0 aliphatic carbocycles. The van der Waals surface area contributed by atoms with Gasteiger partial charge >= 0.3 is 5.97 Å². The van der Waals surface area contributed by atoms with Gasteiger partial charge in [0, 0.05) is 5.69 Å². The van der Waals surface area contributed by atoms with Crippen molar-refractivity contribution in [2.24, 2.45) is 0 Å². The summed E-state index contributed by atoms with van der Waals surface area (Å²) in [4.78, 5) is 13.6. The zero-order valence-electron chi connectivity index (χ0n) is 8.62. The third-order valence-corrected chi connectivity index (χ3v) is 2.38. The minimum absolute atomic E-state index is 0.166. The third-order valence-electron chi connectivity index (χ3n) is 2.38. The van der Waals surface area contributed by atoms with Crippen molar-refractivity contribution in [1.29, 1.82) is 0 Å². The van der Waals surface area contributed by atoms with E-state index in [1.54, 1.807) is 25.1 Å². The highest BCUT2D eigenvalue weighted by atomic mass is 19.1. The Kier molecular flexibility index (Phi) is 2.48. The predicted molar refractivity (Wildman–Crippen MR) is 57.9 cm³/mol. The number of halogens is 1. The summed E-state index contributed by atoms with van der Waals surface area (Å²) in [5.74, 6) is -1.31. The van der Waals surface area contributed by atoms with Gasteiger partial charge in [-0.05, 0) is 48.4 Å². The normalized spacial score (nSPS) is 10.4. The minimum atomic E-state index is -0.995. The fourth-order valence-electron chi connectivity index (χ4n) is 1.57. The molecule has 0 amide bonds. The van der Waals surface area contributed by atoms with Crippen LogP contribution in [0.5, 0.6) is 0 Å². The van der Waals surface area contributed by atoms with Gasteiger partial charge in [0.1, 0.15) is 11.5 Å². The van der Waals surface area contributed by atoms with Crippen molar-refractivity contribution in [3.8, 4) is 11.3 Å². The molecule has 4 heteroatoms. The molecule has 0 atom stereocenters. The summed E-state index contributed by atoms with van der Waals surface area (Å²) >= 11 is 0. The van der Waals surface area contributed by atoms with Crippen LogP contribution in [0.1, 0.15) is 16.1 Å². The monoisotopic (exact) mass is 219 g/mol. The first-order valence-electron chi connectivity index (χ1n) is 4.77. The summed E-state index contributed by atoms with van der Waals surface area (Å²) in [5.41, 5.74) is 2.26. The largest absolute Gasteiger partial charge is 0.477 e. The highest BCUT2D eigenvalue weighted by molar-refractivity contribution is 5.88. The molecule has 0 aliphatic rings. The van der Waals surface area contributed by atoms with Crippen LogP contribution in [-0.2, 0) is 0 Å². The number of carboxylic acids is 1. The van der Waals surface area contributed by atoms with Gasteiger partial charge in [-0.15, -0.1) is 0 Å². The number of aryl methyl sites for hydroxylation is 1. The van der Waals surface area contributed by atoms with Crippen molar-refractivity contribution in [3.63, 3.8) is 0 Å². The van der Waals surface area contributed by atoms with Gasteiger partial charge in [0.2, 0.25) is 0 Å². The number of aromatic carboxylic acids is 1. The van der Waals surface area contributed by atoms with E-state index in [0.29, 0.717) is 11.3 Å². The second kappa shape index (κ2) is 3.81. The number of carboxylic acid groups (broad SMARTS) is 1. The van der Waals surface area contributed by atoms with Crippen LogP contribution in [0.15, 0.2) is 30.3 Å². The Hall–Kier alpha value is -2.10. The summed E-state index contributed by atoms with van der Waals surface area (Å²) in [6.45, 7) is 1.72. The zero-order valence-corrected chi connectivity index (χ0v) is 8.62. The van der Waals surface area contributed by atoms with Crippen molar-refractivity contribution in [3.05, 3.63) is 47.4 Å². The first-order valence-corrected chi connectivity index (χ1v) is 4.77. The first-order chi connectivity index (χ1) is 7.58. The molecule has 0 fully saturated rings. The molecule has 82 valence electrons. The van der Waals surface area contributed by atoms with E-state index in [2.05, 4.69) is 4.98 Å². The Morgan fingerprint density at radius 2 is 1.94 bits per heavy atom. The lowest BCUT2D eigenvalue weighted by atomic mass is 10.1. The summed E-state index contributed by atoms with van der Waals surface area (Å²) in [6.07, 6.45) is 0. The van der Waals surface area contributed by atoms with E-state index in [1.165, 1.54) is 12.1 Å². The van der Waals surface area contributed by atoms with E-state index in [0.717, 1.165) is 5.56 Å². The van der Waals surface area contributed by atoms with Crippen LogP contribution in [0.3, 0.4) is 0 Å². The maximum Gasteiger partial charge on any atom is 0.352 e. The number of carbonyl (C=O) groups is 1.